The zero-order valence-corrected chi connectivity index (χ0v) is 10.3. The number of carbonyl (C=O) groups is 1. The number of fused-ring (bicyclic) bond motifs is 1. The number of rotatable bonds is 2. The second-order valence-electron chi connectivity index (χ2n) is 4.68. The van der Waals surface area contributed by atoms with E-state index < -0.39 is 0 Å². The van der Waals surface area contributed by atoms with Gasteiger partial charge in [-0.05, 0) is 43.9 Å². The number of benzene rings is 1. The van der Waals surface area contributed by atoms with E-state index in [2.05, 4.69) is 26.0 Å². The molecule has 0 saturated heterocycles. The van der Waals surface area contributed by atoms with Crippen molar-refractivity contribution in [1.82, 2.24) is 0 Å². The first-order chi connectivity index (χ1) is 7.63. The molecule has 1 aromatic rings. The Bertz CT molecular complexity index is 466. The van der Waals surface area contributed by atoms with Crippen LogP contribution >= 0.6 is 0 Å². The smallest absolute Gasteiger partial charge is 0.189 e. The van der Waals surface area contributed by atoms with Gasteiger partial charge in [0.25, 0.3) is 0 Å². The molecular weight excluding hydrogens is 196 g/mol. The van der Waals surface area contributed by atoms with Crippen LogP contribution in [-0.4, -0.2) is 5.78 Å². The summed E-state index contributed by atoms with van der Waals surface area (Å²) in [6, 6.07) is 6.21. The van der Waals surface area contributed by atoms with Crippen molar-refractivity contribution >= 4 is 5.78 Å². The first kappa shape index (κ1) is 11.1. The van der Waals surface area contributed by atoms with Crippen molar-refractivity contribution < 1.29 is 4.79 Å². The van der Waals surface area contributed by atoms with Crippen LogP contribution in [0.1, 0.15) is 48.2 Å². The molecule has 1 nitrogen and oxygen atoms in total. The van der Waals surface area contributed by atoms with Crippen LogP contribution < -0.4 is 0 Å². The van der Waals surface area contributed by atoms with E-state index in [1.54, 1.807) is 0 Å². The molecule has 0 N–H and O–H groups in total. The van der Waals surface area contributed by atoms with Gasteiger partial charge in [-0.3, -0.25) is 4.79 Å². The van der Waals surface area contributed by atoms with Crippen LogP contribution in [0.2, 0.25) is 0 Å². The lowest BCUT2D eigenvalue weighted by molar-refractivity contribution is 0.102. The van der Waals surface area contributed by atoms with Crippen molar-refractivity contribution in [2.45, 2.75) is 40.0 Å². The molecule has 0 heterocycles. The van der Waals surface area contributed by atoms with Crippen LogP contribution in [0, 0.1) is 6.92 Å². The monoisotopic (exact) mass is 214 g/mol. The molecule has 0 saturated carbocycles. The summed E-state index contributed by atoms with van der Waals surface area (Å²) in [6.07, 6.45) is 2.90. The third-order valence-corrected chi connectivity index (χ3v) is 3.25. The van der Waals surface area contributed by atoms with Crippen molar-refractivity contribution in [3.05, 3.63) is 46.0 Å². The van der Waals surface area contributed by atoms with Crippen LogP contribution in [0.3, 0.4) is 0 Å². The highest BCUT2D eigenvalue weighted by atomic mass is 16.1. The van der Waals surface area contributed by atoms with Crippen molar-refractivity contribution in [2.75, 3.05) is 0 Å². The summed E-state index contributed by atoms with van der Waals surface area (Å²) in [5.41, 5.74) is 5.58. The summed E-state index contributed by atoms with van der Waals surface area (Å²) in [5, 5.41) is 0. The minimum absolute atomic E-state index is 0.254. The Morgan fingerprint density at radius 1 is 1.25 bits per heavy atom. The summed E-state index contributed by atoms with van der Waals surface area (Å²) in [5.74, 6) is 0.254. The zero-order valence-electron chi connectivity index (χ0n) is 10.3. The maximum atomic E-state index is 12.3. The van der Waals surface area contributed by atoms with Crippen molar-refractivity contribution in [3.63, 3.8) is 0 Å². The van der Waals surface area contributed by atoms with Gasteiger partial charge in [-0.2, -0.15) is 0 Å². The Hall–Kier alpha value is -1.37. The van der Waals surface area contributed by atoms with Crippen LogP contribution in [0.15, 0.2) is 29.3 Å². The van der Waals surface area contributed by atoms with Gasteiger partial charge in [-0.1, -0.05) is 36.6 Å². The van der Waals surface area contributed by atoms with Gasteiger partial charge in [0.2, 0.25) is 0 Å². The molecule has 0 aromatic heterocycles. The summed E-state index contributed by atoms with van der Waals surface area (Å²) >= 11 is 0. The fraction of sp³-hybridized carbons (Fsp3) is 0.400. The number of carbonyl (C=O) groups excluding carboxylic acids is 1. The molecule has 0 fully saturated rings. The molecule has 0 spiro atoms. The van der Waals surface area contributed by atoms with Crippen molar-refractivity contribution in [3.8, 4) is 0 Å². The molecule has 0 aliphatic heterocycles. The molecule has 0 unspecified atom stereocenters. The molecule has 1 heteroatoms. The summed E-state index contributed by atoms with van der Waals surface area (Å²) in [6.45, 7) is 6.25. The predicted octanol–water partition coefficient (Wildman–Crippen LogP) is 3.85. The van der Waals surface area contributed by atoms with Gasteiger partial charge in [-0.25, -0.2) is 0 Å². The van der Waals surface area contributed by atoms with Gasteiger partial charge in [0.15, 0.2) is 5.78 Å². The molecule has 1 aliphatic carbocycles. The number of aryl methyl sites for hydroxylation is 1. The first-order valence-electron chi connectivity index (χ1n) is 5.96. The summed E-state index contributed by atoms with van der Waals surface area (Å²) in [4.78, 5) is 12.3. The van der Waals surface area contributed by atoms with Crippen LogP contribution in [-0.2, 0) is 6.42 Å². The molecular formula is C15H18O. The first-order valence-corrected chi connectivity index (χ1v) is 5.96. The van der Waals surface area contributed by atoms with E-state index in [0.717, 1.165) is 30.4 Å². The quantitative estimate of drug-likeness (QED) is 0.730. The third-order valence-electron chi connectivity index (χ3n) is 3.25. The molecule has 84 valence electrons. The van der Waals surface area contributed by atoms with Gasteiger partial charge in [0, 0.05) is 5.56 Å². The van der Waals surface area contributed by atoms with E-state index in [-0.39, 0.29) is 5.78 Å². The maximum absolute atomic E-state index is 12.3. The summed E-state index contributed by atoms with van der Waals surface area (Å²) in [7, 11) is 0. The van der Waals surface area contributed by atoms with Crippen LogP contribution in [0.5, 0.6) is 0 Å². The van der Waals surface area contributed by atoms with E-state index in [1.165, 1.54) is 16.7 Å². The fourth-order valence-corrected chi connectivity index (χ4v) is 2.38. The SMILES string of the molecule is CCCC1=C(C)Cc2ccc(C)cc2C1=O. The van der Waals surface area contributed by atoms with E-state index in [1.807, 2.05) is 13.0 Å². The van der Waals surface area contributed by atoms with E-state index in [0.29, 0.717) is 0 Å². The third kappa shape index (κ3) is 1.82. The molecule has 16 heavy (non-hydrogen) atoms. The summed E-state index contributed by atoms with van der Waals surface area (Å²) < 4.78 is 0. The average molecular weight is 214 g/mol. The highest BCUT2D eigenvalue weighted by molar-refractivity contribution is 6.11. The lowest BCUT2D eigenvalue weighted by Crippen LogP contribution is -2.15. The van der Waals surface area contributed by atoms with Gasteiger partial charge in [-0.15, -0.1) is 0 Å². The Labute approximate surface area is 97.2 Å². The maximum Gasteiger partial charge on any atom is 0.189 e. The molecule has 0 amide bonds. The van der Waals surface area contributed by atoms with Crippen LogP contribution in [0.25, 0.3) is 0 Å². The number of ketones is 1. The second kappa shape index (κ2) is 4.25. The van der Waals surface area contributed by atoms with E-state index in [4.69, 9.17) is 0 Å². The number of allylic oxidation sites excluding steroid dienone is 2. The highest BCUT2D eigenvalue weighted by Crippen LogP contribution is 2.28. The van der Waals surface area contributed by atoms with Crippen LogP contribution in [0.4, 0.5) is 0 Å². The molecule has 0 radical (unpaired) electrons. The predicted molar refractivity (Wildman–Crippen MR) is 66.8 cm³/mol. The van der Waals surface area contributed by atoms with Gasteiger partial charge >= 0.3 is 0 Å². The molecule has 1 aromatic carbocycles. The standard InChI is InChI=1S/C15H18O/c1-4-5-13-11(3)9-12-7-6-10(2)8-14(12)15(13)16/h6-8H,4-5,9H2,1-3H3. The topological polar surface area (TPSA) is 17.1 Å². The Morgan fingerprint density at radius 2 is 2.00 bits per heavy atom. The molecule has 0 atom stereocenters. The van der Waals surface area contributed by atoms with E-state index in [9.17, 15) is 4.79 Å². The lowest BCUT2D eigenvalue weighted by atomic mass is 9.83. The number of Topliss-reactive ketones (excluding diaryl/α,β-unsaturated/α-hetero) is 1. The highest BCUT2D eigenvalue weighted by Gasteiger charge is 2.22. The van der Waals surface area contributed by atoms with Gasteiger partial charge < -0.3 is 0 Å². The average Bonchev–Trinajstić information content (AvgIpc) is 2.26. The zero-order chi connectivity index (χ0) is 11.7. The second-order valence-corrected chi connectivity index (χ2v) is 4.68. The largest absolute Gasteiger partial charge is 0.289 e. The number of hydrogen-bond donors (Lipinski definition) is 0. The minimum Gasteiger partial charge on any atom is -0.289 e. The number of hydrogen-bond acceptors (Lipinski definition) is 1. The Morgan fingerprint density at radius 3 is 2.69 bits per heavy atom. The van der Waals surface area contributed by atoms with Gasteiger partial charge in [0.05, 0.1) is 0 Å². The Kier molecular flexibility index (Phi) is 2.95. The Balaban J connectivity index is 2.47. The minimum atomic E-state index is 0.254. The lowest BCUT2D eigenvalue weighted by Gasteiger charge is -2.20. The molecule has 1 aliphatic rings. The van der Waals surface area contributed by atoms with Gasteiger partial charge in [0.1, 0.15) is 0 Å². The molecule has 0 bridgehead atoms. The van der Waals surface area contributed by atoms with Crippen molar-refractivity contribution in [2.24, 2.45) is 0 Å². The normalized spacial score (nSPS) is 15.3. The van der Waals surface area contributed by atoms with E-state index >= 15 is 0 Å². The van der Waals surface area contributed by atoms with Crippen molar-refractivity contribution in [1.29, 1.82) is 0 Å². The molecule has 2 rings (SSSR count). The fourth-order valence-electron chi connectivity index (χ4n) is 2.38.